The molecule has 0 spiro atoms. The quantitative estimate of drug-likeness (QED) is 0.693. The van der Waals surface area contributed by atoms with Gasteiger partial charge >= 0.3 is 5.97 Å². The third-order valence-electron chi connectivity index (χ3n) is 3.30. The highest BCUT2D eigenvalue weighted by Crippen LogP contribution is 2.28. The number of furan rings is 1. The van der Waals surface area contributed by atoms with Crippen molar-refractivity contribution in [1.82, 2.24) is 5.32 Å². The van der Waals surface area contributed by atoms with Crippen LogP contribution in [-0.2, 0) is 20.9 Å². The summed E-state index contributed by atoms with van der Waals surface area (Å²) >= 11 is 0. The van der Waals surface area contributed by atoms with Crippen LogP contribution >= 0.6 is 0 Å². The maximum Gasteiger partial charge on any atom is 0.344 e. The molecule has 2 aromatic rings. The third kappa shape index (κ3) is 6.01. The Morgan fingerprint density at radius 2 is 2.04 bits per heavy atom. The number of allylic oxidation sites excluding steroid dienone is 1. The largest absolute Gasteiger partial charge is 0.493 e. The van der Waals surface area contributed by atoms with Gasteiger partial charge in [0.1, 0.15) is 5.76 Å². The Hall–Kier alpha value is -3.22. The van der Waals surface area contributed by atoms with Crippen molar-refractivity contribution in [2.45, 2.75) is 13.5 Å². The van der Waals surface area contributed by atoms with Crippen LogP contribution in [-0.4, -0.2) is 32.2 Å². The molecule has 7 heteroatoms. The summed E-state index contributed by atoms with van der Waals surface area (Å²) in [6.07, 6.45) is 5.34. The molecule has 0 aliphatic rings. The molecule has 0 unspecified atom stereocenters. The minimum atomic E-state index is -0.655. The Balaban J connectivity index is 1.75. The fraction of sp³-hybridized carbons (Fsp3) is 0.263. The summed E-state index contributed by atoms with van der Waals surface area (Å²) in [4.78, 5) is 23.3. The first-order chi connectivity index (χ1) is 12.6. The molecule has 1 heterocycles. The Bertz CT molecular complexity index is 751. The first-order valence-electron chi connectivity index (χ1n) is 8.00. The molecule has 0 saturated heterocycles. The van der Waals surface area contributed by atoms with Crippen molar-refractivity contribution in [3.8, 4) is 11.5 Å². The van der Waals surface area contributed by atoms with Crippen LogP contribution in [0.1, 0.15) is 18.2 Å². The molecular formula is C19H21NO6. The van der Waals surface area contributed by atoms with Crippen molar-refractivity contribution in [3.63, 3.8) is 0 Å². The van der Waals surface area contributed by atoms with Crippen molar-refractivity contribution in [3.05, 3.63) is 54.0 Å². The Labute approximate surface area is 151 Å². The minimum absolute atomic E-state index is 0.232. The van der Waals surface area contributed by atoms with Gasteiger partial charge in [0, 0.05) is 0 Å². The second kappa shape index (κ2) is 9.93. The lowest BCUT2D eigenvalue weighted by Crippen LogP contribution is -2.29. The highest BCUT2D eigenvalue weighted by molar-refractivity contribution is 5.80. The number of ether oxygens (including phenoxy) is 3. The van der Waals surface area contributed by atoms with Crippen LogP contribution in [0.15, 0.2) is 47.1 Å². The van der Waals surface area contributed by atoms with E-state index in [0.29, 0.717) is 17.3 Å². The SMILES string of the molecule is C/C=C/c1ccc(OCC(=O)OCC(=O)NCc2ccco2)c(OC)c1. The lowest BCUT2D eigenvalue weighted by atomic mass is 10.2. The first-order valence-corrected chi connectivity index (χ1v) is 8.00. The molecule has 138 valence electrons. The standard InChI is InChI=1S/C19H21NO6/c1-3-5-14-7-8-16(17(10-14)23-2)25-13-19(22)26-12-18(21)20-11-15-6-4-9-24-15/h3-10H,11-13H2,1-2H3,(H,20,21)/b5-3+. The van der Waals surface area contributed by atoms with Crippen LogP contribution in [0.3, 0.4) is 0 Å². The van der Waals surface area contributed by atoms with Crippen LogP contribution in [0.2, 0.25) is 0 Å². The van der Waals surface area contributed by atoms with Crippen LogP contribution < -0.4 is 14.8 Å². The predicted octanol–water partition coefficient (Wildman–Crippen LogP) is 2.56. The second-order valence-corrected chi connectivity index (χ2v) is 5.22. The Morgan fingerprint density at radius 1 is 1.19 bits per heavy atom. The summed E-state index contributed by atoms with van der Waals surface area (Å²) in [6.45, 7) is 1.43. The first kappa shape index (κ1) is 19.1. The maximum absolute atomic E-state index is 11.7. The molecule has 0 saturated carbocycles. The van der Waals surface area contributed by atoms with Gasteiger partial charge in [-0.2, -0.15) is 0 Å². The van der Waals surface area contributed by atoms with Crippen molar-refractivity contribution < 1.29 is 28.2 Å². The van der Waals surface area contributed by atoms with E-state index in [1.165, 1.54) is 13.4 Å². The monoisotopic (exact) mass is 359 g/mol. The van der Waals surface area contributed by atoms with E-state index in [9.17, 15) is 9.59 Å². The fourth-order valence-corrected chi connectivity index (χ4v) is 2.07. The van der Waals surface area contributed by atoms with Gasteiger partial charge < -0.3 is 23.9 Å². The van der Waals surface area contributed by atoms with Gasteiger partial charge in [0.25, 0.3) is 5.91 Å². The Kier molecular flexibility index (Phi) is 7.30. The van der Waals surface area contributed by atoms with Gasteiger partial charge in [0.05, 0.1) is 19.9 Å². The van der Waals surface area contributed by atoms with Crippen LogP contribution in [0.4, 0.5) is 0 Å². The lowest BCUT2D eigenvalue weighted by Gasteiger charge is -2.11. The number of esters is 1. The van der Waals surface area contributed by atoms with Crippen molar-refractivity contribution >= 4 is 18.0 Å². The van der Waals surface area contributed by atoms with E-state index in [0.717, 1.165) is 5.56 Å². The second-order valence-electron chi connectivity index (χ2n) is 5.22. The summed E-state index contributed by atoms with van der Waals surface area (Å²) in [6, 6.07) is 8.79. The van der Waals surface area contributed by atoms with E-state index in [2.05, 4.69) is 5.32 Å². The lowest BCUT2D eigenvalue weighted by molar-refractivity contribution is -0.150. The zero-order valence-electron chi connectivity index (χ0n) is 14.7. The Morgan fingerprint density at radius 3 is 2.73 bits per heavy atom. The molecule has 0 fully saturated rings. The van der Waals surface area contributed by atoms with Gasteiger partial charge in [-0.25, -0.2) is 4.79 Å². The molecule has 1 amide bonds. The van der Waals surface area contributed by atoms with E-state index in [4.69, 9.17) is 18.6 Å². The van der Waals surface area contributed by atoms with Gasteiger partial charge in [0.2, 0.25) is 0 Å². The van der Waals surface area contributed by atoms with E-state index in [1.807, 2.05) is 25.1 Å². The molecule has 1 N–H and O–H groups in total. The zero-order chi connectivity index (χ0) is 18.8. The summed E-state index contributed by atoms with van der Waals surface area (Å²) in [5.41, 5.74) is 0.951. The highest BCUT2D eigenvalue weighted by atomic mass is 16.6. The zero-order valence-corrected chi connectivity index (χ0v) is 14.7. The topological polar surface area (TPSA) is 87.0 Å². The molecule has 7 nitrogen and oxygen atoms in total. The van der Waals surface area contributed by atoms with Gasteiger partial charge in [-0.1, -0.05) is 18.2 Å². The third-order valence-corrected chi connectivity index (χ3v) is 3.30. The van der Waals surface area contributed by atoms with Crippen molar-refractivity contribution in [2.75, 3.05) is 20.3 Å². The maximum atomic E-state index is 11.7. The van der Waals surface area contributed by atoms with E-state index < -0.39 is 11.9 Å². The smallest absolute Gasteiger partial charge is 0.344 e. The van der Waals surface area contributed by atoms with Crippen LogP contribution in [0, 0.1) is 0 Å². The summed E-state index contributed by atoms with van der Waals surface area (Å²) in [5, 5.41) is 2.57. The molecule has 0 aliphatic carbocycles. The number of amides is 1. The van der Waals surface area contributed by atoms with E-state index in [1.54, 1.807) is 24.3 Å². The average molecular weight is 359 g/mol. The summed E-state index contributed by atoms with van der Waals surface area (Å²) < 4.78 is 20.6. The molecule has 0 bridgehead atoms. The van der Waals surface area contributed by atoms with Gasteiger partial charge in [-0.05, 0) is 36.8 Å². The molecule has 2 rings (SSSR count). The minimum Gasteiger partial charge on any atom is -0.493 e. The highest BCUT2D eigenvalue weighted by Gasteiger charge is 2.11. The molecule has 0 radical (unpaired) electrons. The van der Waals surface area contributed by atoms with Gasteiger partial charge in [-0.15, -0.1) is 0 Å². The van der Waals surface area contributed by atoms with Crippen LogP contribution in [0.5, 0.6) is 11.5 Å². The molecule has 1 aromatic carbocycles. The number of rotatable bonds is 9. The normalized spacial score (nSPS) is 10.5. The predicted molar refractivity (Wildman–Crippen MR) is 94.7 cm³/mol. The molecule has 26 heavy (non-hydrogen) atoms. The van der Waals surface area contributed by atoms with E-state index in [-0.39, 0.29) is 19.8 Å². The molecule has 0 atom stereocenters. The average Bonchev–Trinajstić information content (AvgIpc) is 3.17. The number of methoxy groups -OCH3 is 1. The number of hydrogen-bond acceptors (Lipinski definition) is 6. The fourth-order valence-electron chi connectivity index (χ4n) is 2.07. The number of carbonyl (C=O) groups is 2. The molecular weight excluding hydrogens is 338 g/mol. The number of benzene rings is 1. The number of carbonyl (C=O) groups excluding carboxylic acids is 2. The number of hydrogen-bond donors (Lipinski definition) is 1. The van der Waals surface area contributed by atoms with Gasteiger partial charge in [-0.3, -0.25) is 4.79 Å². The summed E-state index contributed by atoms with van der Waals surface area (Å²) in [5.74, 6) is 0.451. The van der Waals surface area contributed by atoms with Crippen molar-refractivity contribution in [1.29, 1.82) is 0 Å². The number of nitrogens with one attached hydrogen (secondary N) is 1. The van der Waals surface area contributed by atoms with Gasteiger partial charge in [0.15, 0.2) is 24.7 Å². The molecule has 1 aromatic heterocycles. The van der Waals surface area contributed by atoms with Crippen molar-refractivity contribution in [2.24, 2.45) is 0 Å². The van der Waals surface area contributed by atoms with E-state index >= 15 is 0 Å². The molecule has 0 aliphatic heterocycles. The summed E-state index contributed by atoms with van der Waals surface area (Å²) in [7, 11) is 1.52. The van der Waals surface area contributed by atoms with Crippen LogP contribution in [0.25, 0.3) is 6.08 Å².